The van der Waals surface area contributed by atoms with Gasteiger partial charge < -0.3 is 14.5 Å². The van der Waals surface area contributed by atoms with Crippen molar-refractivity contribution in [2.75, 3.05) is 50.8 Å². The van der Waals surface area contributed by atoms with E-state index in [9.17, 15) is 4.79 Å². The Morgan fingerprint density at radius 3 is 2.69 bits per heavy atom. The monoisotopic (exact) mass is 451 g/mol. The first-order chi connectivity index (χ1) is 15.7. The molecule has 5 nitrogen and oxygen atoms in total. The number of hydrogen-bond acceptors (Lipinski definition) is 4. The first-order valence-electron chi connectivity index (χ1n) is 11.6. The maximum absolute atomic E-state index is 13.2. The molecule has 0 N–H and O–H groups in total. The molecule has 5 rings (SSSR count). The van der Waals surface area contributed by atoms with Gasteiger partial charge in [-0.15, -0.1) is 0 Å². The maximum atomic E-state index is 13.2. The summed E-state index contributed by atoms with van der Waals surface area (Å²) in [6.07, 6.45) is 8.23. The number of fused-ring (bicyclic) bond motifs is 1. The molecule has 6 heteroatoms. The van der Waals surface area contributed by atoms with Gasteiger partial charge in [0.25, 0.3) is 5.91 Å². The Balaban J connectivity index is 1.23. The Morgan fingerprint density at radius 2 is 1.91 bits per heavy atom. The fourth-order valence-corrected chi connectivity index (χ4v) is 5.15. The Morgan fingerprint density at radius 1 is 1.06 bits per heavy atom. The lowest BCUT2D eigenvalue weighted by Crippen LogP contribution is -2.51. The van der Waals surface area contributed by atoms with Crippen molar-refractivity contribution in [3.8, 4) is 0 Å². The fourth-order valence-electron chi connectivity index (χ4n) is 4.89. The molecule has 1 amide bonds. The van der Waals surface area contributed by atoms with Gasteiger partial charge in [0.15, 0.2) is 0 Å². The molecule has 0 saturated carbocycles. The number of para-hydroxylation sites is 1. The highest BCUT2D eigenvalue weighted by Gasteiger charge is 2.26. The van der Waals surface area contributed by atoms with Gasteiger partial charge in [-0.2, -0.15) is 0 Å². The van der Waals surface area contributed by atoms with Crippen molar-refractivity contribution in [2.45, 2.75) is 25.4 Å². The number of amides is 1. The zero-order valence-corrected chi connectivity index (χ0v) is 19.1. The normalized spacial score (nSPS) is 21.5. The van der Waals surface area contributed by atoms with Crippen LogP contribution in [0.15, 0.2) is 48.5 Å². The molecule has 168 valence electrons. The Bertz CT molecular complexity index is 994. The molecular weight excluding hydrogens is 422 g/mol. The van der Waals surface area contributed by atoms with Gasteiger partial charge >= 0.3 is 0 Å². The summed E-state index contributed by atoms with van der Waals surface area (Å²) in [7, 11) is 0. The highest BCUT2D eigenvalue weighted by molar-refractivity contribution is 6.34. The average molecular weight is 452 g/mol. The van der Waals surface area contributed by atoms with Gasteiger partial charge in [0.1, 0.15) is 0 Å². The number of anilines is 2. The van der Waals surface area contributed by atoms with Crippen LogP contribution in [0.5, 0.6) is 0 Å². The maximum Gasteiger partial charge on any atom is 0.255 e. The largest absolute Gasteiger partial charge is 0.377 e. The van der Waals surface area contributed by atoms with Gasteiger partial charge in [-0.05, 0) is 49.1 Å². The number of piperazine rings is 1. The summed E-state index contributed by atoms with van der Waals surface area (Å²) in [6, 6.07) is 14.1. The lowest BCUT2D eigenvalue weighted by atomic mass is 10.1. The minimum atomic E-state index is 0.0223. The number of ether oxygens (including phenoxy) is 1. The van der Waals surface area contributed by atoms with Crippen molar-refractivity contribution in [3.63, 3.8) is 0 Å². The highest BCUT2D eigenvalue weighted by atomic mass is 35.5. The molecular formula is C26H30ClN3O2. The smallest absolute Gasteiger partial charge is 0.255 e. The SMILES string of the molecule is O=C(c1ccc(N2CC=Cc3ccccc32)cc1Cl)N1CCN(CC2CCCCO2)CC1. The van der Waals surface area contributed by atoms with E-state index in [0.29, 0.717) is 16.7 Å². The number of carbonyl (C=O) groups excluding carboxylic acids is 1. The molecule has 2 aromatic rings. The molecule has 2 aromatic carbocycles. The molecule has 3 aliphatic heterocycles. The van der Waals surface area contributed by atoms with Crippen LogP contribution in [-0.2, 0) is 4.74 Å². The lowest BCUT2D eigenvalue weighted by Gasteiger charge is -2.37. The molecule has 0 spiro atoms. The van der Waals surface area contributed by atoms with Gasteiger partial charge in [0, 0.05) is 57.3 Å². The minimum absolute atomic E-state index is 0.0223. The number of rotatable bonds is 4. The Kier molecular flexibility index (Phi) is 6.49. The summed E-state index contributed by atoms with van der Waals surface area (Å²) < 4.78 is 5.88. The third kappa shape index (κ3) is 4.56. The van der Waals surface area contributed by atoms with Gasteiger partial charge in [0.05, 0.1) is 16.7 Å². The van der Waals surface area contributed by atoms with Crippen LogP contribution >= 0.6 is 11.6 Å². The van der Waals surface area contributed by atoms with Gasteiger partial charge in [0.2, 0.25) is 0 Å². The van der Waals surface area contributed by atoms with E-state index in [4.69, 9.17) is 16.3 Å². The van der Waals surface area contributed by atoms with E-state index < -0.39 is 0 Å². The van der Waals surface area contributed by atoms with Crippen LogP contribution in [-0.4, -0.2) is 67.7 Å². The standard InChI is InChI=1S/C26H30ClN3O2/c27-24-18-21(30-12-5-7-20-6-1-2-9-25(20)30)10-11-23(24)26(31)29-15-13-28(14-16-29)19-22-8-3-4-17-32-22/h1-2,5-7,9-11,18,22H,3-4,8,12-17,19H2. The molecule has 3 heterocycles. The van der Waals surface area contributed by atoms with Crippen molar-refractivity contribution in [2.24, 2.45) is 0 Å². The summed E-state index contributed by atoms with van der Waals surface area (Å²) in [5.74, 6) is 0.0223. The summed E-state index contributed by atoms with van der Waals surface area (Å²) >= 11 is 6.63. The summed E-state index contributed by atoms with van der Waals surface area (Å²) in [5, 5.41) is 0.512. The minimum Gasteiger partial charge on any atom is -0.377 e. The molecule has 1 unspecified atom stereocenters. The second kappa shape index (κ2) is 9.65. The summed E-state index contributed by atoms with van der Waals surface area (Å²) in [5.41, 5.74) is 3.93. The molecule has 0 radical (unpaired) electrons. The fraction of sp³-hybridized carbons (Fsp3) is 0.423. The van der Waals surface area contributed by atoms with Crippen molar-refractivity contribution < 1.29 is 9.53 Å². The van der Waals surface area contributed by atoms with Crippen LogP contribution in [0, 0.1) is 0 Å². The van der Waals surface area contributed by atoms with Crippen LogP contribution < -0.4 is 4.90 Å². The van der Waals surface area contributed by atoms with Crippen molar-refractivity contribution >= 4 is 35.0 Å². The summed E-state index contributed by atoms with van der Waals surface area (Å²) in [4.78, 5) is 19.8. The Hall–Kier alpha value is -2.34. The van der Waals surface area contributed by atoms with Crippen LogP contribution in [0.2, 0.25) is 5.02 Å². The second-order valence-electron chi connectivity index (χ2n) is 8.82. The van der Waals surface area contributed by atoms with E-state index in [1.165, 1.54) is 18.4 Å². The molecule has 0 aromatic heterocycles. The number of benzene rings is 2. The van der Waals surface area contributed by atoms with Crippen molar-refractivity contribution in [3.05, 3.63) is 64.7 Å². The molecule has 32 heavy (non-hydrogen) atoms. The van der Waals surface area contributed by atoms with E-state index in [1.807, 2.05) is 35.2 Å². The second-order valence-corrected chi connectivity index (χ2v) is 9.22. The van der Waals surface area contributed by atoms with Crippen molar-refractivity contribution in [1.29, 1.82) is 0 Å². The molecule has 3 aliphatic rings. The number of hydrogen-bond donors (Lipinski definition) is 0. The molecule has 2 saturated heterocycles. The average Bonchev–Trinajstić information content (AvgIpc) is 2.84. The predicted molar refractivity (Wildman–Crippen MR) is 130 cm³/mol. The molecule has 2 fully saturated rings. The van der Waals surface area contributed by atoms with Gasteiger partial charge in [-0.1, -0.05) is 42.0 Å². The van der Waals surface area contributed by atoms with E-state index in [1.54, 1.807) is 0 Å². The number of halogens is 1. The van der Waals surface area contributed by atoms with Crippen LogP contribution in [0.1, 0.15) is 35.2 Å². The van der Waals surface area contributed by atoms with E-state index in [2.05, 4.69) is 34.1 Å². The first-order valence-corrected chi connectivity index (χ1v) is 12.0. The van der Waals surface area contributed by atoms with Gasteiger partial charge in [-0.3, -0.25) is 9.69 Å². The van der Waals surface area contributed by atoms with Crippen LogP contribution in [0.25, 0.3) is 6.08 Å². The predicted octanol–water partition coefficient (Wildman–Crippen LogP) is 4.83. The number of nitrogens with zero attached hydrogens (tertiary/aromatic N) is 3. The molecule has 0 bridgehead atoms. The lowest BCUT2D eigenvalue weighted by molar-refractivity contribution is -0.0130. The third-order valence-electron chi connectivity index (χ3n) is 6.70. The first kappa shape index (κ1) is 21.5. The Labute approximate surface area is 195 Å². The number of carbonyl (C=O) groups is 1. The van der Waals surface area contributed by atoms with Gasteiger partial charge in [-0.25, -0.2) is 0 Å². The molecule has 1 atom stereocenters. The zero-order chi connectivity index (χ0) is 21.9. The van der Waals surface area contributed by atoms with Crippen molar-refractivity contribution in [1.82, 2.24) is 9.80 Å². The van der Waals surface area contributed by atoms with E-state index in [-0.39, 0.29) is 5.91 Å². The highest BCUT2D eigenvalue weighted by Crippen LogP contribution is 2.34. The van der Waals surface area contributed by atoms with E-state index in [0.717, 1.165) is 63.7 Å². The summed E-state index contributed by atoms with van der Waals surface area (Å²) in [6.45, 7) is 5.88. The molecule has 0 aliphatic carbocycles. The topological polar surface area (TPSA) is 36.0 Å². The quantitative estimate of drug-likeness (QED) is 0.667. The van der Waals surface area contributed by atoms with E-state index >= 15 is 0 Å². The van der Waals surface area contributed by atoms with Crippen LogP contribution in [0.3, 0.4) is 0 Å². The zero-order valence-electron chi connectivity index (χ0n) is 18.4. The van der Waals surface area contributed by atoms with Crippen LogP contribution in [0.4, 0.5) is 11.4 Å². The third-order valence-corrected chi connectivity index (χ3v) is 7.02.